The number of nitrogens with one attached hydrogen (secondary N) is 1. The van der Waals surface area contributed by atoms with Crippen molar-refractivity contribution < 1.29 is 31.6 Å². The second-order valence-corrected chi connectivity index (χ2v) is 9.05. The first-order chi connectivity index (χ1) is 15.3. The minimum Gasteiger partial charge on any atom is -0.598 e. The highest BCUT2D eigenvalue weighted by Crippen LogP contribution is 2.32. The van der Waals surface area contributed by atoms with Gasteiger partial charge in [0.05, 0.1) is 19.2 Å². The van der Waals surface area contributed by atoms with Gasteiger partial charge in [0.25, 0.3) is 5.91 Å². The van der Waals surface area contributed by atoms with Crippen LogP contribution in [0.3, 0.4) is 0 Å². The van der Waals surface area contributed by atoms with Crippen LogP contribution in [0.5, 0.6) is 0 Å². The minimum atomic E-state index is -1.57. The molecule has 0 aliphatic carbocycles. The molecule has 2 aliphatic rings. The van der Waals surface area contributed by atoms with Crippen LogP contribution in [-0.4, -0.2) is 59.1 Å². The Balaban J connectivity index is 1.67. The van der Waals surface area contributed by atoms with Gasteiger partial charge in [-0.05, 0) is 18.1 Å². The summed E-state index contributed by atoms with van der Waals surface area (Å²) < 4.78 is 77.7. The summed E-state index contributed by atoms with van der Waals surface area (Å²) >= 11 is -1.57. The number of alkyl halides is 1. The van der Waals surface area contributed by atoms with Crippen molar-refractivity contribution in [2.75, 3.05) is 19.4 Å². The molecule has 10 heteroatoms. The molecule has 2 heterocycles. The molecule has 0 radical (unpaired) electrons. The van der Waals surface area contributed by atoms with Crippen LogP contribution in [0.15, 0.2) is 36.4 Å². The van der Waals surface area contributed by atoms with Crippen LogP contribution in [-0.2, 0) is 27.3 Å². The molecule has 0 bridgehead atoms. The first kappa shape index (κ1) is 23.0. The number of amides is 1. The predicted octanol–water partition coefficient (Wildman–Crippen LogP) is 2.90. The van der Waals surface area contributed by atoms with Crippen molar-refractivity contribution in [3.63, 3.8) is 0 Å². The molecule has 5 nitrogen and oxygen atoms in total. The molecule has 32 heavy (non-hydrogen) atoms. The molecule has 2 saturated heterocycles. The van der Waals surface area contributed by atoms with Crippen molar-refractivity contribution in [3.05, 3.63) is 59.4 Å². The Hall–Kier alpha value is -2.14. The maximum atomic E-state index is 15.4. The highest BCUT2D eigenvalue weighted by molar-refractivity contribution is 7.88. The topological polar surface area (TPSA) is 64.6 Å². The molecule has 2 unspecified atom stereocenters. The van der Waals surface area contributed by atoms with E-state index in [1.54, 1.807) is 0 Å². The Morgan fingerprint density at radius 3 is 2.47 bits per heavy atom. The van der Waals surface area contributed by atoms with Crippen LogP contribution < -0.4 is 4.72 Å². The lowest BCUT2D eigenvalue weighted by molar-refractivity contribution is -0.157. The molecule has 2 fully saturated rings. The number of likely N-dealkylation sites (tertiary alicyclic amines) is 1. The van der Waals surface area contributed by atoms with Crippen LogP contribution in [0.4, 0.5) is 17.6 Å². The van der Waals surface area contributed by atoms with Crippen LogP contribution >= 0.6 is 0 Å². The lowest BCUT2D eigenvalue weighted by Gasteiger charge is -2.34. The Morgan fingerprint density at radius 2 is 1.84 bits per heavy atom. The summed E-state index contributed by atoms with van der Waals surface area (Å²) in [7, 11) is 0. The average Bonchev–Trinajstić information content (AvgIpc) is 3.00. The third kappa shape index (κ3) is 4.36. The largest absolute Gasteiger partial charge is 0.598 e. The summed E-state index contributed by atoms with van der Waals surface area (Å²) in [4.78, 5) is 14.1. The third-order valence-electron chi connectivity index (χ3n) is 5.88. The van der Waals surface area contributed by atoms with Crippen molar-refractivity contribution in [2.45, 2.75) is 37.2 Å². The fourth-order valence-corrected chi connectivity index (χ4v) is 4.89. The van der Waals surface area contributed by atoms with E-state index in [-0.39, 0.29) is 29.7 Å². The Morgan fingerprint density at radius 1 is 1.19 bits per heavy atom. The number of hydrogen-bond acceptors (Lipinski definition) is 4. The number of carbonyl (C=O) groups is 1. The smallest absolute Gasteiger partial charge is 0.252 e. The average molecular weight is 470 g/mol. The van der Waals surface area contributed by atoms with Gasteiger partial charge < -0.3 is 14.2 Å². The molecule has 2 aromatic carbocycles. The maximum Gasteiger partial charge on any atom is 0.252 e. The maximum absolute atomic E-state index is 15.4. The summed E-state index contributed by atoms with van der Waals surface area (Å²) in [5.41, 5.74) is -0.274. The normalized spacial score (nSPS) is 26.1. The number of benzene rings is 2. The quantitative estimate of drug-likeness (QED) is 0.521. The second-order valence-electron chi connectivity index (χ2n) is 7.90. The fraction of sp³-hybridized carbons (Fsp3) is 0.409. The van der Waals surface area contributed by atoms with Crippen LogP contribution in [0.1, 0.15) is 12.0 Å². The summed E-state index contributed by atoms with van der Waals surface area (Å²) in [6.07, 6.45) is -0.436. The fourth-order valence-electron chi connectivity index (χ4n) is 4.20. The molecular weight excluding hydrogens is 448 g/mol. The lowest BCUT2D eigenvalue weighted by atomic mass is 9.95. The molecule has 172 valence electrons. The van der Waals surface area contributed by atoms with Gasteiger partial charge in [0, 0.05) is 28.9 Å². The van der Waals surface area contributed by atoms with Gasteiger partial charge >= 0.3 is 0 Å². The van der Waals surface area contributed by atoms with Crippen molar-refractivity contribution in [2.24, 2.45) is 0 Å². The van der Waals surface area contributed by atoms with Gasteiger partial charge in [-0.25, -0.2) is 17.6 Å². The monoisotopic (exact) mass is 470 g/mol. The van der Waals surface area contributed by atoms with Crippen LogP contribution in [0.25, 0.3) is 11.1 Å². The first-order valence-corrected chi connectivity index (χ1v) is 11.7. The Kier molecular flexibility index (Phi) is 6.75. The number of ether oxygens (including phenoxy) is 1. The van der Waals surface area contributed by atoms with Gasteiger partial charge in [-0.3, -0.25) is 4.79 Å². The number of hydrogen-bond donors (Lipinski definition) is 1. The third-order valence-corrected chi connectivity index (χ3v) is 6.49. The minimum absolute atomic E-state index is 0.103. The van der Waals surface area contributed by atoms with E-state index < -0.39 is 59.1 Å². The van der Waals surface area contributed by atoms with Gasteiger partial charge in [-0.1, -0.05) is 30.3 Å². The highest BCUT2D eigenvalue weighted by Gasteiger charge is 2.48. The molecule has 0 saturated carbocycles. The first-order valence-electron chi connectivity index (χ1n) is 10.2. The Labute approximate surface area is 186 Å². The van der Waals surface area contributed by atoms with E-state index in [0.29, 0.717) is 13.0 Å². The van der Waals surface area contributed by atoms with Crippen molar-refractivity contribution in [3.8, 4) is 11.1 Å². The zero-order chi connectivity index (χ0) is 23.0. The molecule has 0 spiro atoms. The molecule has 1 amide bonds. The summed E-state index contributed by atoms with van der Waals surface area (Å²) in [5.74, 6) is -3.46. The van der Waals surface area contributed by atoms with Gasteiger partial charge in [-0.2, -0.15) is 0 Å². The second kappa shape index (κ2) is 9.38. The van der Waals surface area contributed by atoms with Crippen molar-refractivity contribution in [1.29, 1.82) is 0 Å². The van der Waals surface area contributed by atoms with Gasteiger partial charge in [0.2, 0.25) is 0 Å². The molecule has 5 atom stereocenters. The standard InChI is InChI=1S/C22H22F4N2O3S/c1-32(30)27-21-16(24)11-28(22(29)18-8-9-31-18)17(21)10-12-4-2-5-13(19(12)25)14-6-3-7-15(23)20(14)26/h2-7,16-18,21,27H,8-11H2,1H3/t16-,17-,18?,21-,32?/m0/s1. The van der Waals surface area contributed by atoms with E-state index in [2.05, 4.69) is 4.72 Å². The van der Waals surface area contributed by atoms with Gasteiger partial charge in [-0.15, -0.1) is 4.72 Å². The number of halogens is 4. The van der Waals surface area contributed by atoms with E-state index in [4.69, 9.17) is 4.74 Å². The van der Waals surface area contributed by atoms with Crippen LogP contribution in [0.2, 0.25) is 0 Å². The zero-order valence-corrected chi connectivity index (χ0v) is 18.0. The van der Waals surface area contributed by atoms with E-state index in [0.717, 1.165) is 6.07 Å². The van der Waals surface area contributed by atoms with E-state index in [1.165, 1.54) is 41.5 Å². The summed E-state index contributed by atoms with van der Waals surface area (Å²) in [5, 5.41) is 0. The Bertz CT molecular complexity index is 1010. The number of rotatable bonds is 6. The molecule has 0 aromatic heterocycles. The van der Waals surface area contributed by atoms with Gasteiger partial charge in [0.15, 0.2) is 11.6 Å². The summed E-state index contributed by atoms with van der Waals surface area (Å²) in [6, 6.07) is 5.92. The number of carbonyl (C=O) groups excluding carboxylic acids is 1. The molecule has 4 rings (SSSR count). The zero-order valence-electron chi connectivity index (χ0n) is 17.2. The lowest BCUT2D eigenvalue weighted by Crippen LogP contribution is -2.53. The predicted molar refractivity (Wildman–Crippen MR) is 111 cm³/mol. The van der Waals surface area contributed by atoms with Crippen molar-refractivity contribution >= 4 is 17.3 Å². The van der Waals surface area contributed by atoms with E-state index >= 15 is 4.39 Å². The van der Waals surface area contributed by atoms with E-state index in [9.17, 15) is 22.5 Å². The van der Waals surface area contributed by atoms with Crippen LogP contribution in [0, 0.1) is 17.5 Å². The SMILES string of the molecule is C[S+]([O-])N[C@H]1[C@@H](F)CN(C(=O)C2CCO2)[C@H]1Cc1cccc(-c2cccc(F)c2F)c1F. The number of nitrogens with zero attached hydrogens (tertiary/aromatic N) is 1. The van der Waals surface area contributed by atoms with Gasteiger partial charge in [0.1, 0.15) is 30.4 Å². The van der Waals surface area contributed by atoms with E-state index in [1.807, 2.05) is 0 Å². The summed E-state index contributed by atoms with van der Waals surface area (Å²) in [6.45, 7) is 0.197. The highest BCUT2D eigenvalue weighted by atomic mass is 32.2. The molecule has 1 N–H and O–H groups in total. The molecular formula is C22H22F4N2O3S. The molecule has 2 aliphatic heterocycles. The van der Waals surface area contributed by atoms with Crippen molar-refractivity contribution in [1.82, 2.24) is 9.62 Å². The molecule has 2 aromatic rings.